The zero-order valence-corrected chi connectivity index (χ0v) is 11.1. The van der Waals surface area contributed by atoms with Gasteiger partial charge >= 0.3 is 0 Å². The molecule has 96 valence electrons. The molecule has 0 atom stereocenters. The average Bonchev–Trinajstić information content (AvgIpc) is 2.80. The van der Waals surface area contributed by atoms with Gasteiger partial charge in [-0.05, 0) is 26.0 Å². The van der Waals surface area contributed by atoms with E-state index in [0.29, 0.717) is 13.1 Å². The summed E-state index contributed by atoms with van der Waals surface area (Å²) in [7, 11) is 0. The van der Waals surface area contributed by atoms with E-state index in [1.807, 2.05) is 32.2 Å². The van der Waals surface area contributed by atoms with Crippen molar-refractivity contribution in [3.05, 3.63) is 24.0 Å². The van der Waals surface area contributed by atoms with Crippen LogP contribution in [0.3, 0.4) is 0 Å². The van der Waals surface area contributed by atoms with Gasteiger partial charge in [-0.25, -0.2) is 0 Å². The van der Waals surface area contributed by atoms with Crippen molar-refractivity contribution in [1.29, 1.82) is 0 Å². The zero-order chi connectivity index (χ0) is 13.1. The van der Waals surface area contributed by atoms with E-state index in [0.717, 1.165) is 5.69 Å². The van der Waals surface area contributed by atoms with Gasteiger partial charge in [0.2, 0.25) is 5.91 Å². The zero-order valence-electron chi connectivity index (χ0n) is 11.1. The van der Waals surface area contributed by atoms with Crippen molar-refractivity contribution >= 4 is 5.91 Å². The summed E-state index contributed by atoms with van der Waals surface area (Å²) in [5.41, 5.74) is 6.07. The number of rotatable bonds is 5. The van der Waals surface area contributed by atoms with Gasteiger partial charge in [0, 0.05) is 30.4 Å². The minimum Gasteiger partial charge on any atom is -0.364 e. The quantitative estimate of drug-likeness (QED) is 0.724. The maximum Gasteiger partial charge on any atom is 0.226 e. The lowest BCUT2D eigenvalue weighted by atomic mass is 9.87. The number of H-pyrrole nitrogens is 1. The minimum absolute atomic E-state index is 0.000342. The fourth-order valence-electron chi connectivity index (χ4n) is 1.48. The molecule has 1 amide bonds. The Kier molecular flexibility index (Phi) is 3.98. The van der Waals surface area contributed by atoms with Crippen molar-refractivity contribution in [2.45, 2.75) is 33.1 Å². The number of aromatic nitrogens is 1. The van der Waals surface area contributed by atoms with Gasteiger partial charge in [-0.2, -0.15) is 0 Å². The van der Waals surface area contributed by atoms with Crippen LogP contribution in [0.25, 0.3) is 0 Å². The fraction of sp³-hybridized carbons (Fsp3) is 0.615. The molecule has 4 N–H and O–H groups in total. The monoisotopic (exact) mass is 237 g/mol. The predicted octanol–water partition coefficient (Wildman–Crippen LogP) is 1.39. The maximum absolute atomic E-state index is 11.9. The molecule has 0 saturated heterocycles. The van der Waals surface area contributed by atoms with Gasteiger partial charge in [0.05, 0.1) is 5.41 Å². The van der Waals surface area contributed by atoms with Gasteiger partial charge in [0.1, 0.15) is 0 Å². The lowest BCUT2D eigenvalue weighted by Crippen LogP contribution is -2.46. The van der Waals surface area contributed by atoms with Crippen LogP contribution in [0, 0.1) is 5.41 Å². The highest BCUT2D eigenvalue weighted by molar-refractivity contribution is 5.82. The molecular weight excluding hydrogens is 214 g/mol. The second kappa shape index (κ2) is 4.92. The Morgan fingerprint density at radius 1 is 1.41 bits per heavy atom. The van der Waals surface area contributed by atoms with Crippen molar-refractivity contribution in [1.82, 2.24) is 10.3 Å². The Labute approximate surface area is 103 Å². The molecule has 1 aromatic rings. The number of nitrogens with one attached hydrogen (secondary N) is 2. The lowest BCUT2D eigenvalue weighted by Gasteiger charge is -2.27. The summed E-state index contributed by atoms with van der Waals surface area (Å²) in [6.45, 7) is 8.83. The summed E-state index contributed by atoms with van der Waals surface area (Å²) in [5.74, 6) is -0.000342. The van der Waals surface area contributed by atoms with E-state index in [2.05, 4.69) is 24.1 Å². The van der Waals surface area contributed by atoms with Gasteiger partial charge in [0.25, 0.3) is 0 Å². The highest BCUT2D eigenvalue weighted by Crippen LogP contribution is 2.21. The van der Waals surface area contributed by atoms with Crippen molar-refractivity contribution in [3.63, 3.8) is 0 Å². The summed E-state index contributed by atoms with van der Waals surface area (Å²) in [4.78, 5) is 15.1. The molecule has 4 nitrogen and oxygen atoms in total. The highest BCUT2D eigenvalue weighted by Gasteiger charge is 2.28. The first-order chi connectivity index (χ1) is 7.79. The largest absolute Gasteiger partial charge is 0.364 e. The van der Waals surface area contributed by atoms with E-state index in [-0.39, 0.29) is 11.3 Å². The third-order valence-electron chi connectivity index (χ3n) is 3.14. The maximum atomic E-state index is 11.9. The van der Waals surface area contributed by atoms with Crippen molar-refractivity contribution in [3.8, 4) is 0 Å². The number of carbonyl (C=O) groups is 1. The van der Waals surface area contributed by atoms with Crippen LogP contribution in [-0.4, -0.2) is 24.0 Å². The van der Waals surface area contributed by atoms with Crippen molar-refractivity contribution in [2.24, 2.45) is 11.1 Å². The van der Waals surface area contributed by atoms with Gasteiger partial charge in [-0.15, -0.1) is 0 Å². The third-order valence-corrected chi connectivity index (χ3v) is 3.14. The van der Waals surface area contributed by atoms with Gasteiger partial charge in [-0.3, -0.25) is 4.79 Å². The second-order valence-electron chi connectivity index (χ2n) is 5.74. The number of hydrogen-bond donors (Lipinski definition) is 3. The number of carbonyl (C=O) groups excluding carboxylic acids is 1. The molecule has 0 spiro atoms. The molecule has 0 unspecified atom stereocenters. The average molecular weight is 237 g/mol. The number of nitrogens with two attached hydrogens (primary N) is 1. The number of amides is 1. The van der Waals surface area contributed by atoms with Crippen LogP contribution in [-0.2, 0) is 10.2 Å². The molecule has 0 aliphatic rings. The van der Waals surface area contributed by atoms with Crippen LogP contribution >= 0.6 is 0 Å². The molecule has 0 radical (unpaired) electrons. The van der Waals surface area contributed by atoms with E-state index < -0.39 is 5.41 Å². The van der Waals surface area contributed by atoms with Crippen LogP contribution in [0.5, 0.6) is 0 Å². The van der Waals surface area contributed by atoms with Crippen LogP contribution in [0.1, 0.15) is 33.4 Å². The molecule has 0 aliphatic heterocycles. The van der Waals surface area contributed by atoms with Crippen LogP contribution in [0.4, 0.5) is 0 Å². The Morgan fingerprint density at radius 2 is 2.06 bits per heavy atom. The molecule has 1 aromatic heterocycles. The molecule has 1 rings (SSSR count). The Balaban J connectivity index is 2.60. The first kappa shape index (κ1) is 13.8. The van der Waals surface area contributed by atoms with Crippen molar-refractivity contribution in [2.75, 3.05) is 13.1 Å². The summed E-state index contributed by atoms with van der Waals surface area (Å²) in [6, 6.07) is 3.99. The standard InChI is InChI=1S/C13H23N3O/c1-12(2,8-14)11(17)16-9-13(3,4)10-6-5-7-15-10/h5-7,15H,8-9,14H2,1-4H3,(H,16,17). The lowest BCUT2D eigenvalue weighted by molar-refractivity contribution is -0.129. The second-order valence-corrected chi connectivity index (χ2v) is 5.74. The molecular formula is C13H23N3O. The normalized spacial score (nSPS) is 12.5. The first-order valence-electron chi connectivity index (χ1n) is 5.92. The topological polar surface area (TPSA) is 70.9 Å². The summed E-state index contributed by atoms with van der Waals surface area (Å²) >= 11 is 0. The van der Waals surface area contributed by atoms with Crippen LogP contribution < -0.4 is 11.1 Å². The van der Waals surface area contributed by atoms with E-state index in [1.54, 1.807) is 0 Å². The van der Waals surface area contributed by atoms with Gasteiger partial charge in [0.15, 0.2) is 0 Å². The minimum atomic E-state index is -0.508. The molecule has 17 heavy (non-hydrogen) atoms. The predicted molar refractivity (Wildman–Crippen MR) is 69.7 cm³/mol. The first-order valence-corrected chi connectivity index (χ1v) is 5.92. The molecule has 4 heteroatoms. The smallest absolute Gasteiger partial charge is 0.226 e. The Bertz CT molecular complexity index is 366. The molecule has 0 aromatic carbocycles. The Morgan fingerprint density at radius 3 is 2.53 bits per heavy atom. The SMILES string of the molecule is CC(C)(CN)C(=O)NCC(C)(C)c1ccc[nH]1. The van der Waals surface area contributed by atoms with Crippen LogP contribution in [0.2, 0.25) is 0 Å². The Hall–Kier alpha value is -1.29. The molecule has 0 aliphatic carbocycles. The van der Waals surface area contributed by atoms with Gasteiger partial charge in [-0.1, -0.05) is 13.8 Å². The van der Waals surface area contributed by atoms with E-state index in [9.17, 15) is 4.79 Å². The van der Waals surface area contributed by atoms with E-state index in [4.69, 9.17) is 5.73 Å². The molecule has 0 bridgehead atoms. The highest BCUT2D eigenvalue weighted by atomic mass is 16.2. The summed E-state index contributed by atoms with van der Waals surface area (Å²) in [6.07, 6.45) is 1.89. The van der Waals surface area contributed by atoms with E-state index in [1.165, 1.54) is 0 Å². The third kappa shape index (κ3) is 3.33. The summed E-state index contributed by atoms with van der Waals surface area (Å²) < 4.78 is 0. The van der Waals surface area contributed by atoms with Crippen molar-refractivity contribution < 1.29 is 4.79 Å². The molecule has 1 heterocycles. The molecule has 0 fully saturated rings. The summed E-state index contributed by atoms with van der Waals surface area (Å²) in [5, 5.41) is 2.96. The number of aromatic amines is 1. The van der Waals surface area contributed by atoms with E-state index >= 15 is 0 Å². The fourth-order valence-corrected chi connectivity index (χ4v) is 1.48. The van der Waals surface area contributed by atoms with Crippen LogP contribution in [0.15, 0.2) is 18.3 Å². The molecule has 0 saturated carbocycles. The number of hydrogen-bond acceptors (Lipinski definition) is 2. The van der Waals surface area contributed by atoms with Gasteiger partial charge < -0.3 is 16.0 Å².